The molecular weight excluding hydrogens is 344 g/mol. The Morgan fingerprint density at radius 3 is 2.69 bits per heavy atom. The highest BCUT2D eigenvalue weighted by Gasteiger charge is 2.10. The molecule has 0 unspecified atom stereocenters. The van der Waals surface area contributed by atoms with Crippen LogP contribution in [0.25, 0.3) is 0 Å². The number of nitrogens with zero attached hydrogens (tertiary/aromatic N) is 5. The van der Waals surface area contributed by atoms with Gasteiger partial charge in [0.1, 0.15) is 0 Å². The van der Waals surface area contributed by atoms with Crippen LogP contribution < -0.4 is 5.32 Å². The summed E-state index contributed by atoms with van der Waals surface area (Å²) < 4.78 is 3.88. The Morgan fingerprint density at radius 2 is 1.96 bits per heavy atom. The van der Waals surface area contributed by atoms with E-state index in [-0.39, 0.29) is 0 Å². The van der Waals surface area contributed by atoms with Gasteiger partial charge in [-0.05, 0) is 37.7 Å². The van der Waals surface area contributed by atoms with Crippen molar-refractivity contribution in [3.8, 4) is 0 Å². The van der Waals surface area contributed by atoms with E-state index in [1.54, 1.807) is 6.20 Å². The molecular formula is C19H24N6S. The summed E-state index contributed by atoms with van der Waals surface area (Å²) in [6.07, 6.45) is 5.58. The number of nitrogens with one attached hydrogen (secondary N) is 1. The number of anilines is 1. The number of aryl methyl sites for hydroxylation is 2. The Labute approximate surface area is 159 Å². The first-order valence-electron chi connectivity index (χ1n) is 8.66. The summed E-state index contributed by atoms with van der Waals surface area (Å²) in [7, 11) is 1.97. The second kappa shape index (κ2) is 8.14. The number of hydrogen-bond donors (Lipinski definition) is 1. The van der Waals surface area contributed by atoms with Gasteiger partial charge in [0.05, 0.1) is 30.7 Å². The lowest BCUT2D eigenvalue weighted by atomic mass is 10.1. The van der Waals surface area contributed by atoms with E-state index in [4.69, 9.17) is 12.2 Å². The van der Waals surface area contributed by atoms with Crippen LogP contribution in [0, 0.1) is 6.92 Å². The van der Waals surface area contributed by atoms with Crippen molar-refractivity contribution in [1.29, 1.82) is 0 Å². The first kappa shape index (κ1) is 18.1. The Bertz CT molecular complexity index is 864. The lowest BCUT2D eigenvalue weighted by Gasteiger charge is -2.20. The summed E-state index contributed by atoms with van der Waals surface area (Å²) in [5, 5.41) is 12.6. The summed E-state index contributed by atoms with van der Waals surface area (Å²) in [5.74, 6) is 0. The molecule has 0 aliphatic heterocycles. The van der Waals surface area contributed by atoms with Crippen LogP contribution in [0.2, 0.25) is 0 Å². The standard InChI is InChI=1S/C19H24N6S/c1-4-25-18(9-10-20-25)14-23(3)19(26)22-17-11-21-24(13-17)12-16-7-5-15(2)6-8-16/h5-11,13H,4,12,14H2,1-3H3,(H,22,26). The van der Waals surface area contributed by atoms with E-state index in [1.165, 1.54) is 11.1 Å². The van der Waals surface area contributed by atoms with Gasteiger partial charge in [0.25, 0.3) is 0 Å². The van der Waals surface area contributed by atoms with Crippen LogP contribution in [0.1, 0.15) is 23.7 Å². The maximum absolute atomic E-state index is 5.51. The van der Waals surface area contributed by atoms with E-state index in [0.717, 1.165) is 24.5 Å². The highest BCUT2D eigenvalue weighted by Crippen LogP contribution is 2.11. The smallest absolute Gasteiger partial charge is 0.173 e. The van der Waals surface area contributed by atoms with Gasteiger partial charge in [-0.3, -0.25) is 9.36 Å². The molecule has 1 aromatic carbocycles. The predicted octanol–water partition coefficient (Wildman–Crippen LogP) is 3.29. The van der Waals surface area contributed by atoms with Gasteiger partial charge >= 0.3 is 0 Å². The number of hydrogen-bond acceptors (Lipinski definition) is 3. The molecule has 26 heavy (non-hydrogen) atoms. The molecule has 6 nitrogen and oxygen atoms in total. The van der Waals surface area contributed by atoms with Crippen LogP contribution in [0.15, 0.2) is 48.9 Å². The number of thiocarbonyl (C=S) groups is 1. The maximum Gasteiger partial charge on any atom is 0.173 e. The average molecular weight is 369 g/mol. The van der Waals surface area contributed by atoms with Crippen LogP contribution in [0.3, 0.4) is 0 Å². The zero-order valence-corrected chi connectivity index (χ0v) is 16.2. The number of aromatic nitrogens is 4. The quantitative estimate of drug-likeness (QED) is 0.677. The zero-order valence-electron chi connectivity index (χ0n) is 15.4. The Morgan fingerprint density at radius 1 is 1.19 bits per heavy atom. The lowest BCUT2D eigenvalue weighted by Crippen LogP contribution is -2.31. The topological polar surface area (TPSA) is 50.9 Å². The van der Waals surface area contributed by atoms with Crippen molar-refractivity contribution in [1.82, 2.24) is 24.5 Å². The second-order valence-electron chi connectivity index (χ2n) is 6.34. The lowest BCUT2D eigenvalue weighted by molar-refractivity contribution is 0.471. The first-order valence-corrected chi connectivity index (χ1v) is 9.07. The van der Waals surface area contributed by atoms with E-state index < -0.39 is 0 Å². The molecule has 0 saturated heterocycles. The van der Waals surface area contributed by atoms with Crippen molar-refractivity contribution in [2.24, 2.45) is 0 Å². The monoisotopic (exact) mass is 368 g/mol. The van der Waals surface area contributed by atoms with Crippen LogP contribution in [-0.4, -0.2) is 36.6 Å². The van der Waals surface area contributed by atoms with Crippen molar-refractivity contribution >= 4 is 23.0 Å². The molecule has 3 aromatic rings. The maximum atomic E-state index is 5.51. The molecule has 0 bridgehead atoms. The molecule has 136 valence electrons. The highest BCUT2D eigenvalue weighted by atomic mass is 32.1. The fraction of sp³-hybridized carbons (Fsp3) is 0.316. The molecule has 0 atom stereocenters. The summed E-state index contributed by atoms with van der Waals surface area (Å²) in [6.45, 7) is 6.46. The Hall–Kier alpha value is -2.67. The Balaban J connectivity index is 1.57. The first-order chi connectivity index (χ1) is 12.5. The molecule has 2 aromatic heterocycles. The molecule has 0 spiro atoms. The summed E-state index contributed by atoms with van der Waals surface area (Å²) in [4.78, 5) is 2.00. The van der Waals surface area contributed by atoms with Gasteiger partial charge in [-0.25, -0.2) is 0 Å². The van der Waals surface area contributed by atoms with Gasteiger partial charge in [-0.15, -0.1) is 0 Å². The van der Waals surface area contributed by atoms with Crippen LogP contribution in [0.5, 0.6) is 0 Å². The molecule has 1 N–H and O–H groups in total. The van der Waals surface area contributed by atoms with Crippen molar-refractivity contribution in [2.75, 3.05) is 12.4 Å². The number of rotatable bonds is 6. The van der Waals surface area contributed by atoms with Crippen LogP contribution >= 0.6 is 12.2 Å². The fourth-order valence-corrected chi connectivity index (χ4v) is 2.89. The molecule has 0 aliphatic carbocycles. The molecule has 0 radical (unpaired) electrons. The largest absolute Gasteiger partial charge is 0.346 e. The predicted molar refractivity (Wildman–Crippen MR) is 108 cm³/mol. The van der Waals surface area contributed by atoms with E-state index >= 15 is 0 Å². The van der Waals surface area contributed by atoms with Crippen LogP contribution in [0.4, 0.5) is 5.69 Å². The van der Waals surface area contributed by atoms with Crippen molar-refractivity contribution in [2.45, 2.75) is 33.5 Å². The Kier molecular flexibility index (Phi) is 5.68. The van der Waals surface area contributed by atoms with Crippen molar-refractivity contribution in [3.05, 3.63) is 65.7 Å². The van der Waals surface area contributed by atoms with E-state index in [0.29, 0.717) is 11.7 Å². The molecule has 0 aliphatic rings. The fourth-order valence-electron chi connectivity index (χ4n) is 2.71. The minimum Gasteiger partial charge on any atom is -0.346 e. The minimum atomic E-state index is 0.656. The van der Waals surface area contributed by atoms with Crippen LogP contribution in [-0.2, 0) is 19.6 Å². The zero-order chi connectivity index (χ0) is 18.5. The summed E-state index contributed by atoms with van der Waals surface area (Å²) in [6, 6.07) is 10.5. The SMILES string of the molecule is CCn1nccc1CN(C)C(=S)Nc1cnn(Cc2ccc(C)cc2)c1. The third-order valence-corrected chi connectivity index (χ3v) is 4.61. The third kappa shape index (κ3) is 4.49. The minimum absolute atomic E-state index is 0.656. The van der Waals surface area contributed by atoms with E-state index in [9.17, 15) is 0 Å². The van der Waals surface area contributed by atoms with Crippen molar-refractivity contribution < 1.29 is 0 Å². The molecule has 2 heterocycles. The van der Waals surface area contributed by atoms with Crippen molar-refractivity contribution in [3.63, 3.8) is 0 Å². The van der Waals surface area contributed by atoms with E-state index in [2.05, 4.69) is 53.6 Å². The van der Waals surface area contributed by atoms with Gasteiger partial charge in [-0.1, -0.05) is 29.8 Å². The van der Waals surface area contributed by atoms with Gasteiger partial charge in [-0.2, -0.15) is 10.2 Å². The average Bonchev–Trinajstić information content (AvgIpc) is 3.26. The van der Waals surface area contributed by atoms with Gasteiger partial charge < -0.3 is 10.2 Å². The normalized spacial score (nSPS) is 10.7. The van der Waals surface area contributed by atoms with Gasteiger partial charge in [0.15, 0.2) is 5.11 Å². The second-order valence-corrected chi connectivity index (χ2v) is 6.72. The van der Waals surface area contributed by atoms with E-state index in [1.807, 2.05) is 39.8 Å². The van der Waals surface area contributed by atoms with Gasteiger partial charge in [0, 0.05) is 26.0 Å². The summed E-state index contributed by atoms with van der Waals surface area (Å²) in [5.41, 5.74) is 4.50. The molecule has 3 rings (SSSR count). The molecule has 0 amide bonds. The number of benzene rings is 1. The molecule has 7 heteroatoms. The van der Waals surface area contributed by atoms with Gasteiger partial charge in [0.2, 0.25) is 0 Å². The molecule has 0 fully saturated rings. The third-order valence-electron chi connectivity index (χ3n) is 4.20. The summed E-state index contributed by atoms with van der Waals surface area (Å²) >= 11 is 5.51. The molecule has 0 saturated carbocycles. The highest BCUT2D eigenvalue weighted by molar-refractivity contribution is 7.80.